The number of alkyl halides is 3. The zero-order valence-corrected chi connectivity index (χ0v) is 11.9. The number of carbonyl (C=O) groups is 1. The topological polar surface area (TPSA) is 50.8 Å². The summed E-state index contributed by atoms with van der Waals surface area (Å²) in [5.41, 5.74) is 0. The number of halogens is 3. The first kappa shape index (κ1) is 17.0. The minimum atomic E-state index is -4.47. The summed E-state index contributed by atoms with van der Waals surface area (Å²) in [4.78, 5) is 13.4. The van der Waals surface area contributed by atoms with E-state index in [1.807, 2.05) is 0 Å². The van der Waals surface area contributed by atoms with E-state index >= 15 is 0 Å². The van der Waals surface area contributed by atoms with Crippen molar-refractivity contribution in [3.8, 4) is 0 Å². The van der Waals surface area contributed by atoms with E-state index in [2.05, 4.69) is 5.32 Å². The first-order valence-electron chi connectivity index (χ1n) is 6.48. The molecule has 1 aliphatic rings. The fourth-order valence-electron chi connectivity index (χ4n) is 2.10. The lowest BCUT2D eigenvalue weighted by molar-refractivity contribution is -0.163. The maximum absolute atomic E-state index is 12.9. The van der Waals surface area contributed by atoms with E-state index in [1.54, 1.807) is 0 Å². The molecule has 2 amide bonds. The van der Waals surface area contributed by atoms with E-state index in [0.29, 0.717) is 6.61 Å². The number of ether oxygens (including phenoxy) is 2. The first-order valence-corrected chi connectivity index (χ1v) is 6.48. The van der Waals surface area contributed by atoms with Crippen LogP contribution in [-0.2, 0) is 9.47 Å². The molecule has 5 nitrogen and oxygen atoms in total. The van der Waals surface area contributed by atoms with Crippen LogP contribution >= 0.6 is 0 Å². The Morgan fingerprint density at radius 2 is 2.15 bits per heavy atom. The van der Waals surface area contributed by atoms with Gasteiger partial charge in [-0.2, -0.15) is 13.2 Å². The molecule has 0 aromatic rings. The molecule has 0 aliphatic carbocycles. The summed E-state index contributed by atoms with van der Waals surface area (Å²) in [5, 5.41) is 2.07. The van der Waals surface area contributed by atoms with Crippen LogP contribution in [-0.4, -0.2) is 62.7 Å². The lowest BCUT2D eigenvalue weighted by Gasteiger charge is -2.37. The van der Waals surface area contributed by atoms with Crippen LogP contribution in [0.2, 0.25) is 0 Å². The number of carbonyl (C=O) groups excluding carboxylic acids is 1. The standard InChI is InChI=1S/C12H21F3N2O3/c1-8(2)10(12(13,14)15)16-11(18)17-4-5-20-7-9(17)6-19-3/h8-10H,4-7H2,1-3H3,(H,16,18)/t9?,10-/m0/s1. The van der Waals surface area contributed by atoms with Gasteiger partial charge in [0.15, 0.2) is 0 Å². The summed E-state index contributed by atoms with van der Waals surface area (Å²) in [6.07, 6.45) is -4.47. The summed E-state index contributed by atoms with van der Waals surface area (Å²) < 4.78 is 48.8. The van der Waals surface area contributed by atoms with Crippen LogP contribution in [0.5, 0.6) is 0 Å². The second-order valence-corrected chi connectivity index (χ2v) is 5.09. The van der Waals surface area contributed by atoms with Crippen LogP contribution in [0.15, 0.2) is 0 Å². The number of methoxy groups -OCH3 is 1. The number of rotatable bonds is 4. The first-order chi connectivity index (χ1) is 9.27. The summed E-state index contributed by atoms with van der Waals surface area (Å²) in [6.45, 7) is 3.90. The molecule has 0 saturated carbocycles. The summed E-state index contributed by atoms with van der Waals surface area (Å²) in [5.74, 6) is -0.735. The van der Waals surface area contributed by atoms with Crippen LogP contribution in [0.25, 0.3) is 0 Å². The molecule has 1 N–H and O–H groups in total. The zero-order valence-electron chi connectivity index (χ0n) is 11.9. The van der Waals surface area contributed by atoms with Gasteiger partial charge in [-0.3, -0.25) is 0 Å². The third kappa shape index (κ3) is 4.52. The van der Waals surface area contributed by atoms with E-state index in [-0.39, 0.29) is 25.8 Å². The van der Waals surface area contributed by atoms with Crippen LogP contribution in [0.4, 0.5) is 18.0 Å². The van der Waals surface area contributed by atoms with Crippen molar-refractivity contribution in [2.45, 2.75) is 32.1 Å². The van der Waals surface area contributed by atoms with Crippen molar-refractivity contribution in [1.29, 1.82) is 0 Å². The fraction of sp³-hybridized carbons (Fsp3) is 0.917. The predicted molar refractivity (Wildman–Crippen MR) is 66.4 cm³/mol. The average Bonchev–Trinajstić information content (AvgIpc) is 2.35. The Labute approximate surface area is 116 Å². The van der Waals surface area contributed by atoms with Crippen LogP contribution in [0.1, 0.15) is 13.8 Å². The van der Waals surface area contributed by atoms with Crippen molar-refractivity contribution in [3.05, 3.63) is 0 Å². The molecule has 1 rings (SSSR count). The molecule has 1 heterocycles. The van der Waals surface area contributed by atoms with Gasteiger partial charge < -0.3 is 19.7 Å². The highest BCUT2D eigenvalue weighted by Crippen LogP contribution is 2.25. The van der Waals surface area contributed by atoms with Gasteiger partial charge in [0.25, 0.3) is 0 Å². The Bertz CT molecular complexity index is 322. The van der Waals surface area contributed by atoms with E-state index in [1.165, 1.54) is 25.9 Å². The van der Waals surface area contributed by atoms with Gasteiger partial charge in [-0.25, -0.2) is 4.79 Å². The predicted octanol–water partition coefficient (Wildman–Crippen LogP) is 1.63. The number of hydrogen-bond acceptors (Lipinski definition) is 3. The van der Waals surface area contributed by atoms with Crippen LogP contribution in [0, 0.1) is 5.92 Å². The quantitative estimate of drug-likeness (QED) is 0.858. The van der Waals surface area contributed by atoms with Crippen molar-refractivity contribution in [2.75, 3.05) is 33.5 Å². The maximum Gasteiger partial charge on any atom is 0.408 e. The molecule has 0 aromatic carbocycles. The second-order valence-electron chi connectivity index (χ2n) is 5.09. The number of nitrogens with zero attached hydrogens (tertiary/aromatic N) is 1. The van der Waals surface area contributed by atoms with Gasteiger partial charge >= 0.3 is 12.2 Å². The molecule has 8 heteroatoms. The molecule has 0 radical (unpaired) electrons. The number of morpholine rings is 1. The maximum atomic E-state index is 12.9. The van der Waals surface area contributed by atoms with Crippen molar-refractivity contribution in [3.63, 3.8) is 0 Å². The molecule has 1 fully saturated rings. The fourth-order valence-corrected chi connectivity index (χ4v) is 2.10. The molecule has 0 spiro atoms. The Kier molecular flexibility index (Phi) is 6.07. The molecular formula is C12H21F3N2O3. The van der Waals surface area contributed by atoms with Crippen molar-refractivity contribution < 1.29 is 27.4 Å². The van der Waals surface area contributed by atoms with Crippen molar-refractivity contribution in [1.82, 2.24) is 10.2 Å². The van der Waals surface area contributed by atoms with E-state index in [9.17, 15) is 18.0 Å². The Hall–Kier alpha value is -1.02. The van der Waals surface area contributed by atoms with Gasteiger partial charge in [0.2, 0.25) is 0 Å². The lowest BCUT2D eigenvalue weighted by Crippen LogP contribution is -2.58. The van der Waals surface area contributed by atoms with E-state index in [4.69, 9.17) is 9.47 Å². The van der Waals surface area contributed by atoms with Gasteiger partial charge in [0.05, 0.1) is 25.9 Å². The zero-order chi connectivity index (χ0) is 15.3. The molecule has 1 unspecified atom stereocenters. The monoisotopic (exact) mass is 298 g/mol. The van der Waals surface area contributed by atoms with Crippen LogP contribution in [0.3, 0.4) is 0 Å². The molecule has 1 aliphatic heterocycles. The summed E-state index contributed by atoms with van der Waals surface area (Å²) >= 11 is 0. The van der Waals surface area contributed by atoms with Gasteiger partial charge in [-0.1, -0.05) is 13.8 Å². The smallest absolute Gasteiger partial charge is 0.382 e. The SMILES string of the molecule is COCC1COCCN1C(=O)N[C@@H](C(C)C)C(F)(F)F. The third-order valence-corrected chi connectivity index (χ3v) is 3.15. The van der Waals surface area contributed by atoms with E-state index < -0.39 is 24.2 Å². The van der Waals surface area contributed by atoms with Crippen molar-refractivity contribution >= 4 is 6.03 Å². The molecule has 1 saturated heterocycles. The van der Waals surface area contributed by atoms with Gasteiger partial charge in [0.1, 0.15) is 6.04 Å². The second kappa shape index (κ2) is 7.12. The minimum absolute atomic E-state index is 0.228. The molecular weight excluding hydrogens is 277 g/mol. The van der Waals surface area contributed by atoms with Gasteiger partial charge in [0, 0.05) is 13.7 Å². The van der Waals surface area contributed by atoms with Gasteiger partial charge in [-0.05, 0) is 5.92 Å². The van der Waals surface area contributed by atoms with E-state index in [0.717, 1.165) is 0 Å². The average molecular weight is 298 g/mol. The minimum Gasteiger partial charge on any atom is -0.382 e. The Morgan fingerprint density at radius 1 is 1.50 bits per heavy atom. The molecule has 20 heavy (non-hydrogen) atoms. The number of amides is 2. The summed E-state index contributed by atoms with van der Waals surface area (Å²) in [6, 6.07) is -2.96. The molecule has 0 aromatic heterocycles. The molecule has 118 valence electrons. The number of nitrogens with one attached hydrogen (secondary N) is 1. The highest BCUT2D eigenvalue weighted by atomic mass is 19.4. The highest BCUT2D eigenvalue weighted by Gasteiger charge is 2.43. The Balaban J connectivity index is 2.71. The molecule has 0 bridgehead atoms. The van der Waals surface area contributed by atoms with Crippen LogP contribution < -0.4 is 5.32 Å². The lowest BCUT2D eigenvalue weighted by atomic mass is 10.0. The Morgan fingerprint density at radius 3 is 2.65 bits per heavy atom. The number of hydrogen-bond donors (Lipinski definition) is 1. The largest absolute Gasteiger partial charge is 0.408 e. The van der Waals surface area contributed by atoms with Gasteiger partial charge in [-0.15, -0.1) is 0 Å². The van der Waals surface area contributed by atoms with Crippen molar-refractivity contribution in [2.24, 2.45) is 5.92 Å². The highest BCUT2D eigenvalue weighted by molar-refractivity contribution is 5.75. The normalized spacial score (nSPS) is 21.9. The third-order valence-electron chi connectivity index (χ3n) is 3.15. The number of urea groups is 1. The summed E-state index contributed by atoms with van der Waals surface area (Å²) in [7, 11) is 1.47. The molecule has 2 atom stereocenters.